The van der Waals surface area contributed by atoms with Crippen LogP contribution in [-0.4, -0.2) is 16.8 Å². The number of ketones is 1. The van der Waals surface area contributed by atoms with E-state index >= 15 is 0 Å². The van der Waals surface area contributed by atoms with Crippen LogP contribution in [0.1, 0.15) is 27.6 Å². The fourth-order valence-electron chi connectivity index (χ4n) is 1.83. The first kappa shape index (κ1) is 15.4. The third-order valence-corrected chi connectivity index (χ3v) is 3.48. The van der Waals surface area contributed by atoms with Gasteiger partial charge in [0.15, 0.2) is 5.78 Å². The summed E-state index contributed by atoms with van der Waals surface area (Å²) in [5.74, 6) is -1.16. The van der Waals surface area contributed by atoms with Crippen LogP contribution >= 0.6 is 23.2 Å². The van der Waals surface area contributed by atoms with E-state index in [9.17, 15) is 14.7 Å². The lowest BCUT2D eigenvalue weighted by Crippen LogP contribution is -2.13. The van der Waals surface area contributed by atoms with Gasteiger partial charge in [-0.05, 0) is 31.2 Å². The number of halogens is 2. The van der Waals surface area contributed by atoms with Crippen molar-refractivity contribution >= 4 is 40.6 Å². The van der Waals surface area contributed by atoms with Gasteiger partial charge in [0.05, 0.1) is 26.9 Å². The highest BCUT2D eigenvalue weighted by atomic mass is 35.5. The van der Waals surface area contributed by atoms with Crippen LogP contribution in [0.2, 0.25) is 10.0 Å². The number of Topliss-reactive ketones (excluding diaryl/α,β-unsaturated/α-hetero) is 1. The van der Waals surface area contributed by atoms with Gasteiger partial charge in [-0.2, -0.15) is 0 Å². The Balaban J connectivity index is 2.37. The molecule has 2 aromatic carbocycles. The van der Waals surface area contributed by atoms with Crippen LogP contribution < -0.4 is 5.32 Å². The van der Waals surface area contributed by atoms with E-state index in [-0.39, 0.29) is 38.4 Å². The summed E-state index contributed by atoms with van der Waals surface area (Å²) in [6.07, 6.45) is 0. The first-order chi connectivity index (χ1) is 9.91. The third-order valence-electron chi connectivity index (χ3n) is 2.85. The zero-order chi connectivity index (χ0) is 15.6. The normalized spacial score (nSPS) is 10.2. The fraction of sp³-hybridized carbons (Fsp3) is 0.0667. The second-order valence-corrected chi connectivity index (χ2v) is 5.12. The van der Waals surface area contributed by atoms with Gasteiger partial charge >= 0.3 is 0 Å². The van der Waals surface area contributed by atoms with E-state index in [4.69, 9.17) is 23.2 Å². The number of hydrogen-bond acceptors (Lipinski definition) is 3. The van der Waals surface area contributed by atoms with Gasteiger partial charge < -0.3 is 10.4 Å². The van der Waals surface area contributed by atoms with Crippen molar-refractivity contribution < 1.29 is 14.7 Å². The van der Waals surface area contributed by atoms with Crippen LogP contribution in [0, 0.1) is 0 Å². The van der Waals surface area contributed by atoms with Gasteiger partial charge in [0, 0.05) is 0 Å². The molecule has 6 heteroatoms. The molecule has 0 saturated carbocycles. The number of hydrogen-bond donors (Lipinski definition) is 2. The van der Waals surface area contributed by atoms with Crippen molar-refractivity contribution in [1.29, 1.82) is 0 Å². The quantitative estimate of drug-likeness (QED) is 0.658. The Labute approximate surface area is 131 Å². The zero-order valence-electron chi connectivity index (χ0n) is 11.0. The fourth-order valence-corrected chi connectivity index (χ4v) is 2.40. The number of anilines is 1. The largest absolute Gasteiger partial charge is 0.505 e. The summed E-state index contributed by atoms with van der Waals surface area (Å²) in [7, 11) is 0. The molecule has 0 atom stereocenters. The molecule has 0 aromatic heterocycles. The smallest absolute Gasteiger partial charge is 0.258 e. The molecule has 0 aliphatic rings. The molecule has 0 aliphatic carbocycles. The van der Waals surface area contributed by atoms with E-state index < -0.39 is 5.91 Å². The first-order valence-electron chi connectivity index (χ1n) is 6.00. The summed E-state index contributed by atoms with van der Waals surface area (Å²) in [6.45, 7) is 1.32. The van der Waals surface area contributed by atoms with Crippen LogP contribution in [0.4, 0.5) is 5.69 Å². The summed E-state index contributed by atoms with van der Waals surface area (Å²) >= 11 is 11.9. The minimum atomic E-state index is -0.568. The maximum absolute atomic E-state index is 12.2. The van der Waals surface area contributed by atoms with Crippen molar-refractivity contribution in [3.63, 3.8) is 0 Å². The second-order valence-electron chi connectivity index (χ2n) is 4.31. The number of phenols is 1. The molecule has 108 valence electrons. The molecule has 0 heterocycles. The summed E-state index contributed by atoms with van der Waals surface area (Å²) in [4.78, 5) is 23.6. The third kappa shape index (κ3) is 3.17. The maximum Gasteiger partial charge on any atom is 0.258 e. The predicted molar refractivity (Wildman–Crippen MR) is 82.5 cm³/mol. The lowest BCUT2D eigenvalue weighted by molar-refractivity contribution is 0.100. The highest BCUT2D eigenvalue weighted by Gasteiger charge is 2.17. The van der Waals surface area contributed by atoms with Gasteiger partial charge in [-0.25, -0.2) is 0 Å². The van der Waals surface area contributed by atoms with Gasteiger partial charge in [-0.1, -0.05) is 35.3 Å². The molecular weight excluding hydrogens is 313 g/mol. The molecule has 0 spiro atoms. The molecule has 21 heavy (non-hydrogen) atoms. The van der Waals surface area contributed by atoms with E-state index in [0.717, 1.165) is 0 Å². The average molecular weight is 324 g/mol. The minimum absolute atomic E-state index is 0.105. The number of benzene rings is 2. The molecule has 0 aliphatic heterocycles. The second kappa shape index (κ2) is 6.16. The number of rotatable bonds is 3. The van der Waals surface area contributed by atoms with Crippen molar-refractivity contribution in [2.24, 2.45) is 0 Å². The van der Waals surface area contributed by atoms with Crippen LogP contribution in [0.3, 0.4) is 0 Å². The number of amides is 1. The van der Waals surface area contributed by atoms with Crippen molar-refractivity contribution in [2.45, 2.75) is 6.92 Å². The zero-order valence-corrected chi connectivity index (χ0v) is 12.5. The number of aromatic hydroxyl groups is 1. The van der Waals surface area contributed by atoms with Crippen molar-refractivity contribution in [1.82, 2.24) is 0 Å². The molecule has 0 bridgehead atoms. The number of phenolic OH excluding ortho intramolecular Hbond substituents is 1. The molecule has 0 saturated heterocycles. The van der Waals surface area contributed by atoms with E-state index in [1.54, 1.807) is 12.1 Å². The number of nitrogens with one attached hydrogen (secondary N) is 1. The Bertz CT molecular complexity index is 709. The monoisotopic (exact) mass is 323 g/mol. The standard InChI is InChI=1S/C15H11Cl2NO3/c1-8(19)9-4-2-7-12(14(9)20)18-15(21)13-10(16)5-3-6-11(13)17/h2-7,20H,1H3,(H,18,21). The van der Waals surface area contributed by atoms with Crippen molar-refractivity contribution in [2.75, 3.05) is 5.32 Å². The van der Waals surface area contributed by atoms with Crippen molar-refractivity contribution in [3.05, 3.63) is 57.6 Å². The molecule has 2 N–H and O–H groups in total. The Morgan fingerprint density at radius 1 is 1.05 bits per heavy atom. The topological polar surface area (TPSA) is 66.4 Å². The van der Waals surface area contributed by atoms with Crippen LogP contribution in [0.25, 0.3) is 0 Å². The van der Waals surface area contributed by atoms with E-state index in [0.29, 0.717) is 0 Å². The van der Waals surface area contributed by atoms with E-state index in [1.165, 1.54) is 31.2 Å². The summed E-state index contributed by atoms with van der Waals surface area (Å²) < 4.78 is 0. The van der Waals surface area contributed by atoms with Gasteiger partial charge in [0.2, 0.25) is 0 Å². The Hall–Kier alpha value is -2.04. The number of para-hydroxylation sites is 1. The molecule has 0 unspecified atom stereocenters. The summed E-state index contributed by atoms with van der Waals surface area (Å²) in [5.41, 5.74) is 0.343. The van der Waals surface area contributed by atoms with Gasteiger partial charge in [0.25, 0.3) is 5.91 Å². The van der Waals surface area contributed by atoms with E-state index in [1.807, 2.05) is 0 Å². The minimum Gasteiger partial charge on any atom is -0.505 e. The Morgan fingerprint density at radius 3 is 2.19 bits per heavy atom. The molecular formula is C15H11Cl2NO3. The summed E-state index contributed by atoms with van der Waals surface area (Å²) in [6, 6.07) is 9.19. The Kier molecular flexibility index (Phi) is 4.50. The molecule has 1 amide bonds. The number of carbonyl (C=O) groups is 2. The lowest BCUT2D eigenvalue weighted by atomic mass is 10.1. The lowest BCUT2D eigenvalue weighted by Gasteiger charge is -2.11. The van der Waals surface area contributed by atoms with Crippen LogP contribution in [-0.2, 0) is 0 Å². The highest BCUT2D eigenvalue weighted by Crippen LogP contribution is 2.30. The molecule has 0 radical (unpaired) electrons. The molecule has 4 nitrogen and oxygen atoms in total. The Morgan fingerprint density at radius 2 is 1.62 bits per heavy atom. The molecule has 2 aromatic rings. The van der Waals surface area contributed by atoms with Gasteiger partial charge in [-0.3, -0.25) is 9.59 Å². The average Bonchev–Trinajstić information content (AvgIpc) is 2.40. The maximum atomic E-state index is 12.2. The number of carbonyl (C=O) groups excluding carboxylic acids is 2. The molecule has 0 fully saturated rings. The van der Waals surface area contributed by atoms with Crippen LogP contribution in [0.15, 0.2) is 36.4 Å². The SMILES string of the molecule is CC(=O)c1cccc(NC(=O)c2c(Cl)cccc2Cl)c1O. The van der Waals surface area contributed by atoms with Gasteiger partial charge in [0.1, 0.15) is 5.75 Å². The van der Waals surface area contributed by atoms with Crippen molar-refractivity contribution in [3.8, 4) is 5.75 Å². The van der Waals surface area contributed by atoms with Gasteiger partial charge in [-0.15, -0.1) is 0 Å². The summed E-state index contributed by atoms with van der Waals surface area (Å²) in [5, 5.41) is 12.9. The van der Waals surface area contributed by atoms with E-state index in [2.05, 4.69) is 5.32 Å². The van der Waals surface area contributed by atoms with Crippen LogP contribution in [0.5, 0.6) is 5.75 Å². The predicted octanol–water partition coefficient (Wildman–Crippen LogP) is 4.15. The molecule has 2 rings (SSSR count). The highest BCUT2D eigenvalue weighted by molar-refractivity contribution is 6.40. The first-order valence-corrected chi connectivity index (χ1v) is 6.75.